The first-order valence-electron chi connectivity index (χ1n) is 8.73. The van der Waals surface area contributed by atoms with Crippen LogP contribution in [0.5, 0.6) is 5.75 Å². The Labute approximate surface area is 152 Å². The summed E-state index contributed by atoms with van der Waals surface area (Å²) in [7, 11) is 0. The van der Waals surface area contributed by atoms with E-state index >= 15 is 0 Å². The molecule has 1 fully saturated rings. The highest BCUT2D eigenvalue weighted by Gasteiger charge is 2.27. The second-order valence-corrected chi connectivity index (χ2v) is 6.77. The second-order valence-electron chi connectivity index (χ2n) is 6.77. The number of rotatable bonds is 5. The number of para-hydroxylation sites is 1. The van der Waals surface area contributed by atoms with Crippen molar-refractivity contribution < 1.29 is 4.74 Å². The highest BCUT2D eigenvalue weighted by molar-refractivity contribution is 5.85. The number of benzene rings is 2. The van der Waals surface area contributed by atoms with Crippen LogP contribution < -0.4 is 10.1 Å². The normalized spacial score (nSPS) is 20.5. The van der Waals surface area contributed by atoms with Crippen molar-refractivity contribution in [2.24, 2.45) is 5.92 Å². The van der Waals surface area contributed by atoms with E-state index in [-0.39, 0.29) is 12.4 Å². The molecule has 2 nitrogen and oxygen atoms in total. The Hall–Kier alpha value is -1.51. The lowest BCUT2D eigenvalue weighted by molar-refractivity contribution is 0.195. The van der Waals surface area contributed by atoms with Gasteiger partial charge in [-0.15, -0.1) is 12.4 Å². The quantitative estimate of drug-likeness (QED) is 0.823. The smallest absolute Gasteiger partial charge is 0.122 e. The third-order valence-electron chi connectivity index (χ3n) is 4.83. The molecule has 0 aliphatic carbocycles. The van der Waals surface area contributed by atoms with Gasteiger partial charge >= 0.3 is 0 Å². The standard InChI is InChI=1S/C21H27NO.ClH/c1-16(2)19-10-6-7-11-21(19)23-15-18-14-22-13-12-20(18)17-8-4-3-5-9-17;/h3-11,16,18,20,22H,12-15H2,1-2H3;1H. The molecule has 2 aromatic carbocycles. The van der Waals surface area contributed by atoms with Crippen molar-refractivity contribution >= 4 is 12.4 Å². The first-order valence-corrected chi connectivity index (χ1v) is 8.73. The van der Waals surface area contributed by atoms with Crippen molar-refractivity contribution in [2.45, 2.75) is 32.1 Å². The SMILES string of the molecule is CC(C)c1ccccc1OCC1CNCCC1c1ccccc1.Cl. The Bertz CT molecular complexity index is 614. The van der Waals surface area contributed by atoms with Crippen LogP contribution in [0.4, 0.5) is 0 Å². The number of halogens is 1. The number of piperidine rings is 1. The maximum Gasteiger partial charge on any atom is 0.122 e. The number of hydrogen-bond acceptors (Lipinski definition) is 2. The van der Waals surface area contributed by atoms with Gasteiger partial charge in [-0.1, -0.05) is 62.4 Å². The highest BCUT2D eigenvalue weighted by atomic mass is 35.5. The molecule has 3 heteroatoms. The fourth-order valence-electron chi connectivity index (χ4n) is 3.52. The molecule has 2 unspecified atom stereocenters. The number of hydrogen-bond donors (Lipinski definition) is 1. The van der Waals surface area contributed by atoms with E-state index in [9.17, 15) is 0 Å². The lowest BCUT2D eigenvalue weighted by Gasteiger charge is -2.32. The topological polar surface area (TPSA) is 21.3 Å². The van der Waals surface area contributed by atoms with E-state index in [1.54, 1.807) is 0 Å². The molecular formula is C21H28ClNO. The zero-order chi connectivity index (χ0) is 16.1. The molecule has 0 aromatic heterocycles. The lowest BCUT2D eigenvalue weighted by Crippen LogP contribution is -2.38. The zero-order valence-corrected chi connectivity index (χ0v) is 15.4. The fourth-order valence-corrected chi connectivity index (χ4v) is 3.52. The van der Waals surface area contributed by atoms with Crippen LogP contribution in [0.2, 0.25) is 0 Å². The summed E-state index contributed by atoms with van der Waals surface area (Å²) in [6, 6.07) is 19.3. The number of ether oxygens (including phenoxy) is 1. The van der Waals surface area contributed by atoms with Crippen molar-refractivity contribution in [3.63, 3.8) is 0 Å². The molecule has 1 N–H and O–H groups in total. The van der Waals surface area contributed by atoms with Crippen molar-refractivity contribution in [1.82, 2.24) is 5.32 Å². The predicted octanol–water partition coefficient (Wildman–Crippen LogP) is 5.00. The first-order chi connectivity index (χ1) is 11.3. The summed E-state index contributed by atoms with van der Waals surface area (Å²) in [6.07, 6.45) is 1.18. The van der Waals surface area contributed by atoms with Gasteiger partial charge < -0.3 is 10.1 Å². The van der Waals surface area contributed by atoms with Gasteiger partial charge in [0.15, 0.2) is 0 Å². The summed E-state index contributed by atoms with van der Waals surface area (Å²) < 4.78 is 6.25. The monoisotopic (exact) mass is 345 g/mol. The summed E-state index contributed by atoms with van der Waals surface area (Å²) in [5.74, 6) is 2.63. The molecule has 24 heavy (non-hydrogen) atoms. The van der Waals surface area contributed by atoms with Crippen molar-refractivity contribution in [2.75, 3.05) is 19.7 Å². The minimum atomic E-state index is 0. The Morgan fingerprint density at radius 3 is 2.50 bits per heavy atom. The molecule has 1 aliphatic heterocycles. The van der Waals surface area contributed by atoms with E-state index in [4.69, 9.17) is 4.74 Å². The lowest BCUT2D eigenvalue weighted by atomic mass is 9.81. The molecule has 0 amide bonds. The van der Waals surface area contributed by atoms with Crippen LogP contribution in [0.1, 0.15) is 43.2 Å². The average Bonchev–Trinajstić information content (AvgIpc) is 2.61. The molecule has 3 rings (SSSR count). The molecule has 2 atom stereocenters. The summed E-state index contributed by atoms with van der Waals surface area (Å²) in [5, 5.41) is 3.53. The Kier molecular flexibility index (Phi) is 7.14. The van der Waals surface area contributed by atoms with Gasteiger partial charge in [-0.3, -0.25) is 0 Å². The largest absolute Gasteiger partial charge is 0.493 e. The molecule has 1 saturated heterocycles. The van der Waals surface area contributed by atoms with Crippen LogP contribution in [-0.4, -0.2) is 19.7 Å². The third-order valence-corrected chi connectivity index (χ3v) is 4.83. The van der Waals surface area contributed by atoms with Gasteiger partial charge in [0.05, 0.1) is 6.61 Å². The molecule has 1 aliphatic rings. The van der Waals surface area contributed by atoms with Crippen molar-refractivity contribution in [3.05, 3.63) is 65.7 Å². The molecule has 0 spiro atoms. The molecule has 2 aromatic rings. The Balaban J connectivity index is 0.00000208. The van der Waals surface area contributed by atoms with Gasteiger partial charge in [0, 0.05) is 12.5 Å². The molecule has 130 valence electrons. The summed E-state index contributed by atoms with van der Waals surface area (Å²) in [4.78, 5) is 0. The molecule has 0 radical (unpaired) electrons. The summed E-state index contributed by atoms with van der Waals surface area (Å²) >= 11 is 0. The van der Waals surface area contributed by atoms with Crippen molar-refractivity contribution in [3.8, 4) is 5.75 Å². The second kappa shape index (κ2) is 9.10. The van der Waals surface area contributed by atoms with E-state index in [0.717, 1.165) is 25.4 Å². The average molecular weight is 346 g/mol. The van der Waals surface area contributed by atoms with E-state index < -0.39 is 0 Å². The minimum absolute atomic E-state index is 0. The molecule has 0 bridgehead atoms. The maximum absolute atomic E-state index is 6.25. The van der Waals surface area contributed by atoms with Crippen molar-refractivity contribution in [1.29, 1.82) is 0 Å². The van der Waals surface area contributed by atoms with Gasteiger partial charge in [0.2, 0.25) is 0 Å². The summed E-state index contributed by atoms with van der Waals surface area (Å²) in [5.41, 5.74) is 2.74. The van der Waals surface area contributed by atoms with Crippen LogP contribution in [0.3, 0.4) is 0 Å². The highest BCUT2D eigenvalue weighted by Crippen LogP contribution is 2.32. The Morgan fingerprint density at radius 2 is 1.75 bits per heavy atom. The van der Waals surface area contributed by atoms with Crippen LogP contribution >= 0.6 is 12.4 Å². The van der Waals surface area contributed by atoms with Crippen LogP contribution in [0.25, 0.3) is 0 Å². The zero-order valence-electron chi connectivity index (χ0n) is 14.6. The van der Waals surface area contributed by atoms with E-state index in [2.05, 4.69) is 73.8 Å². The Morgan fingerprint density at radius 1 is 1.04 bits per heavy atom. The fraction of sp³-hybridized carbons (Fsp3) is 0.429. The van der Waals surface area contributed by atoms with Gasteiger partial charge in [0.1, 0.15) is 5.75 Å². The van der Waals surface area contributed by atoms with Gasteiger partial charge in [-0.05, 0) is 42.0 Å². The summed E-state index contributed by atoms with van der Waals surface area (Å²) in [6.45, 7) is 7.34. The molecule has 1 heterocycles. The number of nitrogens with one attached hydrogen (secondary N) is 1. The van der Waals surface area contributed by atoms with Crippen LogP contribution in [0, 0.1) is 5.92 Å². The van der Waals surface area contributed by atoms with E-state index in [1.807, 2.05) is 0 Å². The van der Waals surface area contributed by atoms with Crippen LogP contribution in [0.15, 0.2) is 54.6 Å². The molecule has 0 saturated carbocycles. The van der Waals surface area contributed by atoms with Gasteiger partial charge in [-0.2, -0.15) is 0 Å². The first kappa shape index (κ1) is 18.8. The molecular weight excluding hydrogens is 318 g/mol. The maximum atomic E-state index is 6.25. The third kappa shape index (κ3) is 4.52. The van der Waals surface area contributed by atoms with E-state index in [1.165, 1.54) is 17.5 Å². The van der Waals surface area contributed by atoms with E-state index in [0.29, 0.717) is 17.8 Å². The minimum Gasteiger partial charge on any atom is -0.493 e. The predicted molar refractivity (Wildman–Crippen MR) is 103 cm³/mol. The van der Waals surface area contributed by atoms with Crippen LogP contribution in [-0.2, 0) is 0 Å². The van der Waals surface area contributed by atoms with Gasteiger partial charge in [0.25, 0.3) is 0 Å². The van der Waals surface area contributed by atoms with Gasteiger partial charge in [-0.25, -0.2) is 0 Å².